The Morgan fingerprint density at radius 2 is 1.67 bits per heavy atom. The summed E-state index contributed by atoms with van der Waals surface area (Å²) >= 11 is -1.21. The molecule has 1 aromatic heterocycles. The van der Waals surface area contributed by atoms with Crippen molar-refractivity contribution in [2.24, 2.45) is 0 Å². The maximum absolute atomic E-state index is 13.1. The number of carbonyl (C=O) groups is 1. The Morgan fingerprint density at radius 3 is 2.41 bits per heavy atom. The summed E-state index contributed by atoms with van der Waals surface area (Å²) in [5.41, 5.74) is 5.92. The number of aryl methyl sites for hydroxylation is 1. The molecular weight excluding hydrogens is 633 g/mol. The number of amides is 1. The molecule has 0 spiro atoms. The lowest BCUT2D eigenvalue weighted by atomic mass is 10.0. The number of ether oxygens (including phenoxy) is 2. The van der Waals surface area contributed by atoms with Crippen molar-refractivity contribution in [3.8, 4) is 16.9 Å². The van der Waals surface area contributed by atoms with E-state index in [1.165, 1.54) is 25.7 Å². The van der Waals surface area contributed by atoms with Gasteiger partial charge in [0, 0.05) is 43.7 Å². The Hall–Kier alpha value is -4.05. The summed E-state index contributed by atoms with van der Waals surface area (Å²) in [6, 6.07) is 21.9. The number of nitrogens with zero attached hydrogens (tertiary/aromatic N) is 3. The van der Waals surface area contributed by atoms with E-state index in [1.807, 2.05) is 34.9 Å². The van der Waals surface area contributed by atoms with Gasteiger partial charge in [-0.15, -0.1) is 0 Å². The van der Waals surface area contributed by atoms with Crippen LogP contribution in [-0.4, -0.2) is 52.9 Å². The average molecular weight is 683 g/mol. The number of hydrogen-bond acceptors (Lipinski definition) is 6. The lowest BCUT2D eigenvalue weighted by molar-refractivity contribution is -0.111. The summed E-state index contributed by atoms with van der Waals surface area (Å²) in [7, 11) is 0. The van der Waals surface area contributed by atoms with Crippen molar-refractivity contribution in [2.75, 3.05) is 43.1 Å². The van der Waals surface area contributed by atoms with E-state index in [1.54, 1.807) is 30.7 Å². The van der Waals surface area contributed by atoms with E-state index in [0.717, 1.165) is 79.3 Å². The van der Waals surface area contributed by atoms with Crippen molar-refractivity contribution >= 4 is 34.5 Å². The average Bonchev–Trinajstić information content (AvgIpc) is 3.37. The molecule has 1 unspecified atom stereocenters. The molecule has 0 radical (unpaired) electrons. The van der Waals surface area contributed by atoms with Crippen molar-refractivity contribution in [2.45, 2.75) is 76.0 Å². The lowest BCUT2D eigenvalue weighted by Crippen LogP contribution is -2.24. The smallest absolute Gasteiger partial charge is 0.248 e. The summed E-state index contributed by atoms with van der Waals surface area (Å²) in [6.07, 6.45) is 15.1. The third-order valence-corrected chi connectivity index (χ3v) is 10.00. The molecule has 0 aliphatic carbocycles. The van der Waals surface area contributed by atoms with Gasteiger partial charge in [-0.1, -0.05) is 51.3 Å². The summed E-state index contributed by atoms with van der Waals surface area (Å²) in [5.74, 6) is 1.00. The van der Waals surface area contributed by atoms with Gasteiger partial charge >= 0.3 is 0 Å². The number of rotatable bonds is 17. The highest BCUT2D eigenvalue weighted by Gasteiger charge is 2.16. The predicted octanol–water partition coefficient (Wildman–Crippen LogP) is 8.50. The highest BCUT2D eigenvalue weighted by Crippen LogP contribution is 2.31. The van der Waals surface area contributed by atoms with E-state index < -0.39 is 11.2 Å². The second kappa shape index (κ2) is 19.2. The van der Waals surface area contributed by atoms with Gasteiger partial charge in [0.05, 0.1) is 24.8 Å². The first-order valence-electron chi connectivity index (χ1n) is 17.7. The van der Waals surface area contributed by atoms with Crippen molar-refractivity contribution in [1.82, 2.24) is 9.55 Å². The van der Waals surface area contributed by atoms with E-state index in [-0.39, 0.29) is 5.91 Å². The van der Waals surface area contributed by atoms with E-state index in [4.69, 9.17) is 9.47 Å². The quantitative estimate of drug-likeness (QED) is 0.0683. The molecule has 1 atom stereocenters. The Labute approximate surface area is 294 Å². The van der Waals surface area contributed by atoms with E-state index >= 15 is 0 Å². The molecule has 4 aromatic rings. The number of carbonyl (C=O) groups excluding carboxylic acids is 1. The third-order valence-electron chi connectivity index (χ3n) is 8.64. The van der Waals surface area contributed by atoms with Crippen molar-refractivity contribution in [3.63, 3.8) is 0 Å². The maximum Gasteiger partial charge on any atom is 0.248 e. The number of unbranched alkanes of at least 4 members (excludes halogenated alkanes) is 1. The second-order valence-corrected chi connectivity index (χ2v) is 13.9. The van der Waals surface area contributed by atoms with E-state index in [9.17, 15) is 9.35 Å². The van der Waals surface area contributed by atoms with Gasteiger partial charge in [-0.3, -0.25) is 4.79 Å². The van der Waals surface area contributed by atoms with Crippen LogP contribution in [-0.2, 0) is 33.0 Å². The van der Waals surface area contributed by atoms with Gasteiger partial charge in [0.1, 0.15) is 12.4 Å². The van der Waals surface area contributed by atoms with E-state index in [0.29, 0.717) is 29.5 Å². The van der Waals surface area contributed by atoms with Gasteiger partial charge < -0.3 is 28.8 Å². The summed E-state index contributed by atoms with van der Waals surface area (Å²) < 4.78 is 26.6. The van der Waals surface area contributed by atoms with Gasteiger partial charge in [0.25, 0.3) is 0 Å². The lowest BCUT2D eigenvalue weighted by Gasteiger charge is -2.25. The van der Waals surface area contributed by atoms with Crippen LogP contribution in [0.5, 0.6) is 5.75 Å². The third kappa shape index (κ3) is 11.0. The first kappa shape index (κ1) is 36.2. The van der Waals surface area contributed by atoms with Gasteiger partial charge in [0.15, 0.2) is 10.6 Å². The zero-order chi connectivity index (χ0) is 34.3. The van der Waals surface area contributed by atoms with Crippen LogP contribution >= 0.6 is 0 Å². The fraction of sp³-hybridized carbons (Fsp3) is 0.400. The highest BCUT2D eigenvalue weighted by atomic mass is 32.2. The highest BCUT2D eigenvalue weighted by molar-refractivity contribution is 7.90. The second-order valence-electron chi connectivity index (χ2n) is 12.4. The standard InChI is InChI=1S/C40H50N4O4S/c1-3-5-25-47-26-27-48-37-16-10-32(11-17-37)33-12-20-39(43-23-8-6-7-9-24-43)34(28-33)13-21-40(45)42-35-14-18-38(19-15-35)49(46)30-36-29-41-31-44(36)22-4-2/h10-21,28-29,31H,3-9,22-27,30H2,1-2H3,(H,42,45). The molecule has 1 N–H and O–H groups in total. The Balaban J connectivity index is 1.24. The first-order chi connectivity index (χ1) is 24.0. The van der Waals surface area contributed by atoms with Gasteiger partial charge in [-0.25, -0.2) is 4.98 Å². The van der Waals surface area contributed by atoms with Crippen LogP contribution in [0.3, 0.4) is 0 Å². The zero-order valence-electron chi connectivity index (χ0n) is 28.9. The van der Waals surface area contributed by atoms with Crippen molar-refractivity contribution in [1.29, 1.82) is 0 Å². The normalized spacial score (nSPS) is 14.1. The zero-order valence-corrected chi connectivity index (χ0v) is 29.8. The largest absolute Gasteiger partial charge is 0.611 e. The predicted molar refractivity (Wildman–Crippen MR) is 201 cm³/mol. The number of imidazole rings is 1. The molecule has 3 aromatic carbocycles. The van der Waals surface area contributed by atoms with Gasteiger partial charge in [0.2, 0.25) is 5.91 Å². The molecular formula is C40H50N4O4S. The molecule has 1 fully saturated rings. The molecule has 1 aliphatic heterocycles. The number of nitrogens with one attached hydrogen (secondary N) is 1. The van der Waals surface area contributed by atoms with Crippen LogP contribution < -0.4 is 15.0 Å². The Morgan fingerprint density at radius 1 is 0.918 bits per heavy atom. The van der Waals surface area contributed by atoms with Crippen LogP contribution in [0.4, 0.5) is 11.4 Å². The number of benzene rings is 3. The molecule has 1 aliphatic rings. The molecule has 8 nitrogen and oxygen atoms in total. The van der Waals surface area contributed by atoms with Gasteiger partial charge in [-0.05, 0) is 108 Å². The molecule has 1 amide bonds. The minimum atomic E-state index is -1.21. The first-order valence-corrected chi connectivity index (χ1v) is 19.0. The van der Waals surface area contributed by atoms with E-state index in [2.05, 4.69) is 59.4 Å². The summed E-state index contributed by atoms with van der Waals surface area (Å²) in [6.45, 7) is 9.02. The fourth-order valence-electron chi connectivity index (χ4n) is 5.95. The van der Waals surface area contributed by atoms with Crippen LogP contribution in [0.25, 0.3) is 17.2 Å². The number of hydrogen-bond donors (Lipinski definition) is 1. The number of aromatic nitrogens is 2. The molecule has 0 bridgehead atoms. The number of anilines is 2. The van der Waals surface area contributed by atoms with Crippen LogP contribution in [0.1, 0.15) is 70.1 Å². The van der Waals surface area contributed by atoms with Crippen LogP contribution in [0, 0.1) is 0 Å². The SMILES string of the molecule is CCCCOCCOc1ccc(-c2ccc(N3CCCCCC3)c(C=CC(=O)Nc3ccc([S+]([O-])Cc4cncn4CCC)cc3)c2)cc1. The molecule has 2 heterocycles. The minimum absolute atomic E-state index is 0.218. The van der Waals surface area contributed by atoms with Crippen molar-refractivity contribution < 1.29 is 18.8 Å². The molecule has 5 rings (SSSR count). The molecule has 9 heteroatoms. The van der Waals surface area contributed by atoms with Gasteiger partial charge in [-0.2, -0.15) is 0 Å². The minimum Gasteiger partial charge on any atom is -0.611 e. The summed E-state index contributed by atoms with van der Waals surface area (Å²) in [4.78, 5) is 20.5. The molecule has 260 valence electrons. The monoisotopic (exact) mass is 682 g/mol. The van der Waals surface area contributed by atoms with Crippen molar-refractivity contribution in [3.05, 3.63) is 96.6 Å². The molecule has 49 heavy (non-hydrogen) atoms. The fourth-order valence-corrected chi connectivity index (χ4v) is 7.06. The molecule has 1 saturated heterocycles. The Bertz CT molecular complexity index is 1610. The topological polar surface area (TPSA) is 91.7 Å². The Kier molecular flexibility index (Phi) is 14.2. The molecule has 0 saturated carbocycles. The van der Waals surface area contributed by atoms with Crippen LogP contribution in [0.15, 0.2) is 90.2 Å². The maximum atomic E-state index is 13.1. The van der Waals surface area contributed by atoms with Crippen LogP contribution in [0.2, 0.25) is 0 Å². The summed E-state index contributed by atoms with van der Waals surface area (Å²) in [5, 5.41) is 2.97.